The Kier molecular flexibility index (Phi) is 6.77. The third-order valence-electron chi connectivity index (χ3n) is 3.32. The number of benzene rings is 2. The van der Waals surface area contributed by atoms with Crippen LogP contribution in [-0.2, 0) is 9.59 Å². The van der Waals surface area contributed by atoms with E-state index in [1.165, 1.54) is 18.7 Å². The van der Waals surface area contributed by atoms with Crippen LogP contribution >= 0.6 is 11.8 Å². The zero-order valence-electron chi connectivity index (χ0n) is 14.2. The number of thioether (sulfide) groups is 1. The highest BCUT2D eigenvalue weighted by atomic mass is 32.2. The molecule has 0 saturated carbocycles. The van der Waals surface area contributed by atoms with Gasteiger partial charge in [0.15, 0.2) is 5.78 Å². The second-order valence-corrected chi connectivity index (χ2v) is 6.55. The van der Waals surface area contributed by atoms with E-state index in [4.69, 9.17) is 0 Å². The zero-order chi connectivity index (χ0) is 18.2. The summed E-state index contributed by atoms with van der Waals surface area (Å²) in [6.45, 7) is 3.32. The SMILES string of the molecule is CC(=O)Nc1ccc(C)cc1NC(=O)CSCC(=O)c1ccccc1. The number of hydrogen-bond acceptors (Lipinski definition) is 4. The molecule has 0 unspecified atom stereocenters. The standard InChI is InChI=1S/C19H20N2O3S/c1-13-8-9-16(20-14(2)22)17(10-13)21-19(24)12-25-11-18(23)15-6-4-3-5-7-15/h3-10H,11-12H2,1-2H3,(H,20,22)(H,21,24). The van der Waals surface area contributed by atoms with Crippen LogP contribution in [0.1, 0.15) is 22.8 Å². The number of carbonyl (C=O) groups is 3. The Labute approximate surface area is 151 Å². The monoisotopic (exact) mass is 356 g/mol. The Bertz CT molecular complexity index is 775. The topological polar surface area (TPSA) is 75.3 Å². The molecule has 130 valence electrons. The van der Waals surface area contributed by atoms with Crippen LogP contribution in [0.3, 0.4) is 0 Å². The molecule has 2 aromatic rings. The van der Waals surface area contributed by atoms with E-state index in [1.807, 2.05) is 31.2 Å². The predicted octanol–water partition coefficient (Wildman–Crippen LogP) is 3.51. The second kappa shape index (κ2) is 9.03. The minimum Gasteiger partial charge on any atom is -0.325 e. The fourth-order valence-electron chi connectivity index (χ4n) is 2.19. The normalized spacial score (nSPS) is 10.2. The molecule has 0 aliphatic carbocycles. The van der Waals surface area contributed by atoms with Crippen molar-refractivity contribution in [2.75, 3.05) is 22.1 Å². The number of carbonyl (C=O) groups excluding carboxylic acids is 3. The summed E-state index contributed by atoms with van der Waals surface area (Å²) in [5, 5.41) is 5.47. The quantitative estimate of drug-likeness (QED) is 0.745. The van der Waals surface area contributed by atoms with E-state index < -0.39 is 0 Å². The lowest BCUT2D eigenvalue weighted by atomic mass is 10.2. The molecule has 0 aliphatic heterocycles. The summed E-state index contributed by atoms with van der Waals surface area (Å²) in [6.07, 6.45) is 0. The van der Waals surface area contributed by atoms with Crippen molar-refractivity contribution in [1.29, 1.82) is 0 Å². The largest absolute Gasteiger partial charge is 0.325 e. The van der Waals surface area contributed by atoms with E-state index in [1.54, 1.807) is 24.3 Å². The van der Waals surface area contributed by atoms with Crippen LogP contribution in [0.25, 0.3) is 0 Å². The molecule has 2 N–H and O–H groups in total. The van der Waals surface area contributed by atoms with Crippen molar-refractivity contribution in [2.24, 2.45) is 0 Å². The van der Waals surface area contributed by atoms with Crippen LogP contribution in [0, 0.1) is 6.92 Å². The number of rotatable bonds is 7. The summed E-state index contributed by atoms with van der Waals surface area (Å²) in [5.74, 6) is -0.0336. The van der Waals surface area contributed by atoms with Crippen LogP contribution in [-0.4, -0.2) is 29.1 Å². The van der Waals surface area contributed by atoms with Crippen molar-refractivity contribution in [2.45, 2.75) is 13.8 Å². The van der Waals surface area contributed by atoms with E-state index >= 15 is 0 Å². The highest BCUT2D eigenvalue weighted by Crippen LogP contribution is 2.23. The molecule has 0 radical (unpaired) electrons. The Morgan fingerprint density at radius 3 is 2.32 bits per heavy atom. The molecular weight excluding hydrogens is 336 g/mol. The maximum atomic E-state index is 12.1. The van der Waals surface area contributed by atoms with E-state index in [0.717, 1.165) is 5.56 Å². The van der Waals surface area contributed by atoms with Gasteiger partial charge in [-0.2, -0.15) is 0 Å². The van der Waals surface area contributed by atoms with E-state index in [9.17, 15) is 14.4 Å². The van der Waals surface area contributed by atoms with Gasteiger partial charge < -0.3 is 10.6 Å². The zero-order valence-corrected chi connectivity index (χ0v) is 15.0. The highest BCUT2D eigenvalue weighted by molar-refractivity contribution is 8.00. The van der Waals surface area contributed by atoms with Crippen LogP contribution in [0.15, 0.2) is 48.5 Å². The third-order valence-corrected chi connectivity index (χ3v) is 4.25. The summed E-state index contributed by atoms with van der Waals surface area (Å²) in [4.78, 5) is 35.4. The van der Waals surface area contributed by atoms with Gasteiger partial charge in [-0.15, -0.1) is 11.8 Å². The average molecular weight is 356 g/mol. The Morgan fingerprint density at radius 1 is 0.920 bits per heavy atom. The molecule has 0 bridgehead atoms. The summed E-state index contributed by atoms with van der Waals surface area (Å²) in [7, 11) is 0. The average Bonchev–Trinajstić information content (AvgIpc) is 2.57. The lowest BCUT2D eigenvalue weighted by Gasteiger charge is -2.12. The van der Waals surface area contributed by atoms with Crippen LogP contribution < -0.4 is 10.6 Å². The van der Waals surface area contributed by atoms with Crippen molar-refractivity contribution >= 4 is 40.7 Å². The lowest BCUT2D eigenvalue weighted by molar-refractivity contribution is -0.115. The molecule has 25 heavy (non-hydrogen) atoms. The molecule has 0 saturated heterocycles. The number of amides is 2. The first kappa shape index (κ1) is 18.7. The molecule has 0 spiro atoms. The molecule has 5 nitrogen and oxygen atoms in total. The molecule has 2 rings (SSSR count). The summed E-state index contributed by atoms with van der Waals surface area (Å²) >= 11 is 1.26. The second-order valence-electron chi connectivity index (χ2n) is 5.56. The van der Waals surface area contributed by atoms with Gasteiger partial charge in [0.05, 0.1) is 22.9 Å². The molecule has 2 amide bonds. The van der Waals surface area contributed by atoms with Gasteiger partial charge in [0.1, 0.15) is 0 Å². The lowest BCUT2D eigenvalue weighted by Crippen LogP contribution is -2.17. The minimum absolute atomic E-state index is 0.00658. The van der Waals surface area contributed by atoms with Gasteiger partial charge in [0.2, 0.25) is 11.8 Å². The minimum atomic E-state index is -0.219. The van der Waals surface area contributed by atoms with Crippen molar-refractivity contribution in [3.63, 3.8) is 0 Å². The maximum absolute atomic E-state index is 12.1. The number of ketones is 1. The Balaban J connectivity index is 1.89. The van der Waals surface area contributed by atoms with Gasteiger partial charge in [0.25, 0.3) is 0 Å². The molecule has 0 heterocycles. The molecular formula is C19H20N2O3S. The van der Waals surface area contributed by atoms with Crippen molar-refractivity contribution in [3.05, 3.63) is 59.7 Å². The van der Waals surface area contributed by atoms with Crippen LogP contribution in [0.2, 0.25) is 0 Å². The van der Waals surface area contributed by atoms with E-state index in [0.29, 0.717) is 16.9 Å². The Hall–Kier alpha value is -2.60. The fourth-order valence-corrected chi connectivity index (χ4v) is 2.90. The highest BCUT2D eigenvalue weighted by Gasteiger charge is 2.11. The van der Waals surface area contributed by atoms with Gasteiger partial charge >= 0.3 is 0 Å². The van der Waals surface area contributed by atoms with Crippen molar-refractivity contribution < 1.29 is 14.4 Å². The molecule has 0 fully saturated rings. The fraction of sp³-hybridized carbons (Fsp3) is 0.211. The molecule has 6 heteroatoms. The summed E-state index contributed by atoms with van der Waals surface area (Å²) < 4.78 is 0. The molecule has 0 aliphatic rings. The summed E-state index contributed by atoms with van der Waals surface area (Å²) in [6, 6.07) is 14.4. The third kappa shape index (κ3) is 6.08. The van der Waals surface area contributed by atoms with Gasteiger partial charge in [-0.25, -0.2) is 0 Å². The summed E-state index contributed by atoms with van der Waals surface area (Å²) in [5.41, 5.74) is 2.71. The van der Waals surface area contributed by atoms with Gasteiger partial charge in [-0.05, 0) is 24.6 Å². The van der Waals surface area contributed by atoms with Crippen molar-refractivity contribution in [3.8, 4) is 0 Å². The molecule has 0 aromatic heterocycles. The van der Waals surface area contributed by atoms with Gasteiger partial charge in [-0.3, -0.25) is 14.4 Å². The van der Waals surface area contributed by atoms with Crippen LogP contribution in [0.5, 0.6) is 0 Å². The van der Waals surface area contributed by atoms with Gasteiger partial charge in [-0.1, -0.05) is 36.4 Å². The molecule has 2 aromatic carbocycles. The first-order valence-electron chi connectivity index (χ1n) is 7.80. The number of nitrogens with one attached hydrogen (secondary N) is 2. The number of hydrogen-bond donors (Lipinski definition) is 2. The maximum Gasteiger partial charge on any atom is 0.234 e. The number of aryl methyl sites for hydroxylation is 1. The predicted molar refractivity (Wildman–Crippen MR) is 102 cm³/mol. The molecule has 0 atom stereocenters. The smallest absolute Gasteiger partial charge is 0.234 e. The van der Waals surface area contributed by atoms with E-state index in [-0.39, 0.29) is 29.1 Å². The Morgan fingerprint density at radius 2 is 1.64 bits per heavy atom. The number of anilines is 2. The van der Waals surface area contributed by atoms with E-state index in [2.05, 4.69) is 10.6 Å². The van der Waals surface area contributed by atoms with Crippen LogP contribution in [0.4, 0.5) is 11.4 Å². The van der Waals surface area contributed by atoms with Gasteiger partial charge in [0, 0.05) is 12.5 Å². The number of Topliss-reactive ketones (excluding diaryl/α,β-unsaturated/α-hetero) is 1. The van der Waals surface area contributed by atoms with Crippen molar-refractivity contribution in [1.82, 2.24) is 0 Å². The first-order valence-corrected chi connectivity index (χ1v) is 8.95. The first-order chi connectivity index (χ1) is 12.0.